The molecule has 0 aliphatic carbocycles. The van der Waals surface area contributed by atoms with Gasteiger partial charge in [0.25, 0.3) is 11.8 Å². The van der Waals surface area contributed by atoms with Crippen molar-refractivity contribution in [2.24, 2.45) is 0 Å². The Morgan fingerprint density at radius 3 is 2.43 bits per heavy atom. The maximum Gasteiger partial charge on any atom is 0.326 e. The Bertz CT molecular complexity index is 931. The quantitative estimate of drug-likeness (QED) is 0.521. The third-order valence-electron chi connectivity index (χ3n) is 5.40. The second kappa shape index (κ2) is 8.64. The Balaban J connectivity index is 1.57. The Labute approximate surface area is 174 Å². The van der Waals surface area contributed by atoms with Gasteiger partial charge in [0.15, 0.2) is 6.61 Å². The fourth-order valence-corrected chi connectivity index (χ4v) is 3.31. The molecule has 1 aromatic heterocycles. The van der Waals surface area contributed by atoms with E-state index in [0.29, 0.717) is 24.6 Å². The van der Waals surface area contributed by atoms with Crippen molar-refractivity contribution in [2.45, 2.75) is 58.6 Å². The molecule has 0 atom stereocenters. The van der Waals surface area contributed by atoms with Gasteiger partial charge in [-0.3, -0.25) is 14.5 Å². The summed E-state index contributed by atoms with van der Waals surface area (Å²) in [6.07, 6.45) is 0.894. The van der Waals surface area contributed by atoms with Crippen LogP contribution in [0.25, 0.3) is 11.4 Å². The number of ether oxygens (including phenoxy) is 1. The van der Waals surface area contributed by atoms with Crippen LogP contribution in [0.4, 0.5) is 4.79 Å². The summed E-state index contributed by atoms with van der Waals surface area (Å²) in [5.74, 6) is -0.216. The lowest BCUT2D eigenvalue weighted by atomic mass is 9.93. The number of hydrogen-bond acceptors (Lipinski definition) is 7. The van der Waals surface area contributed by atoms with Crippen molar-refractivity contribution in [3.05, 3.63) is 35.7 Å². The van der Waals surface area contributed by atoms with Crippen LogP contribution in [0.15, 0.2) is 28.8 Å². The third kappa shape index (κ3) is 4.19. The molecular formula is C21H26N4O5. The maximum absolute atomic E-state index is 12.5. The van der Waals surface area contributed by atoms with E-state index >= 15 is 0 Å². The molecule has 3 amide bonds. The van der Waals surface area contributed by atoms with Gasteiger partial charge in [-0.2, -0.15) is 4.98 Å². The van der Waals surface area contributed by atoms with Crippen LogP contribution in [0.2, 0.25) is 0 Å². The fraction of sp³-hybridized carbons (Fsp3) is 0.476. The van der Waals surface area contributed by atoms with E-state index in [-0.39, 0.29) is 12.5 Å². The topological polar surface area (TPSA) is 115 Å². The Morgan fingerprint density at radius 2 is 1.87 bits per heavy atom. The van der Waals surface area contributed by atoms with Crippen molar-refractivity contribution in [1.82, 2.24) is 20.4 Å². The lowest BCUT2D eigenvalue weighted by Crippen LogP contribution is -2.46. The van der Waals surface area contributed by atoms with E-state index in [1.165, 1.54) is 5.56 Å². The molecular weight excluding hydrogens is 388 g/mol. The average molecular weight is 414 g/mol. The molecule has 30 heavy (non-hydrogen) atoms. The first-order valence-corrected chi connectivity index (χ1v) is 10.0. The zero-order valence-corrected chi connectivity index (χ0v) is 17.6. The summed E-state index contributed by atoms with van der Waals surface area (Å²) in [7, 11) is 0. The van der Waals surface area contributed by atoms with Gasteiger partial charge in [-0.15, -0.1) is 0 Å². The van der Waals surface area contributed by atoms with Crippen molar-refractivity contribution in [3.8, 4) is 11.4 Å². The normalized spacial score (nSPS) is 15.6. The zero-order valence-electron chi connectivity index (χ0n) is 17.6. The zero-order chi connectivity index (χ0) is 21.9. The maximum atomic E-state index is 12.5. The van der Waals surface area contributed by atoms with Crippen LogP contribution < -0.4 is 5.32 Å². The van der Waals surface area contributed by atoms with Gasteiger partial charge < -0.3 is 14.6 Å². The molecule has 0 radical (unpaired) electrons. The summed E-state index contributed by atoms with van der Waals surface area (Å²) in [5.41, 5.74) is 1.03. The van der Waals surface area contributed by atoms with Crippen LogP contribution in [0.5, 0.6) is 0 Å². The predicted octanol–water partition coefficient (Wildman–Crippen LogP) is 3.01. The number of nitrogens with zero attached hydrogens (tertiary/aromatic N) is 3. The van der Waals surface area contributed by atoms with Crippen molar-refractivity contribution >= 4 is 17.9 Å². The molecule has 2 aromatic rings. The lowest BCUT2D eigenvalue weighted by Gasteiger charge is -2.22. The molecule has 9 heteroatoms. The standard InChI is InChI=1S/C21H26N4O5/c1-5-21(6-2)19(27)25(20(28)23-21)11-17(26)29-12-16-22-18(24-30-16)15-9-7-14(8-10-15)13(3)4/h7-10,13H,5-6,11-12H2,1-4H3,(H,23,28). The van der Waals surface area contributed by atoms with Crippen LogP contribution in [-0.2, 0) is 20.9 Å². The summed E-state index contributed by atoms with van der Waals surface area (Å²) in [6.45, 7) is 7.13. The van der Waals surface area contributed by atoms with Gasteiger partial charge in [-0.1, -0.05) is 57.1 Å². The number of hydrogen-bond donors (Lipinski definition) is 1. The van der Waals surface area contributed by atoms with Crippen molar-refractivity contribution in [1.29, 1.82) is 0 Å². The number of nitrogens with one attached hydrogen (secondary N) is 1. The SMILES string of the molecule is CCC1(CC)NC(=O)N(CC(=O)OCc2nc(-c3ccc(C(C)C)cc3)no2)C1=O. The van der Waals surface area contributed by atoms with Gasteiger partial charge in [0, 0.05) is 5.56 Å². The second-order valence-electron chi connectivity index (χ2n) is 7.56. The molecule has 1 aliphatic rings. The van der Waals surface area contributed by atoms with Gasteiger partial charge in [-0.05, 0) is 24.3 Å². The van der Waals surface area contributed by atoms with E-state index in [2.05, 4.69) is 29.3 Å². The first-order valence-electron chi connectivity index (χ1n) is 10.0. The van der Waals surface area contributed by atoms with Crippen LogP contribution in [-0.4, -0.2) is 45.0 Å². The number of benzene rings is 1. The first-order chi connectivity index (χ1) is 14.3. The number of urea groups is 1. The molecule has 2 heterocycles. The van der Waals surface area contributed by atoms with Crippen molar-refractivity contribution in [2.75, 3.05) is 6.54 Å². The minimum absolute atomic E-state index is 0.125. The average Bonchev–Trinajstić information content (AvgIpc) is 3.31. The summed E-state index contributed by atoms with van der Waals surface area (Å²) in [4.78, 5) is 41.9. The van der Waals surface area contributed by atoms with Gasteiger partial charge in [0.05, 0.1) is 0 Å². The lowest BCUT2D eigenvalue weighted by molar-refractivity contribution is -0.149. The Kier molecular flexibility index (Phi) is 6.19. The molecule has 1 aliphatic heterocycles. The number of carbonyl (C=O) groups is 3. The molecule has 0 unspecified atom stereocenters. The molecule has 0 saturated carbocycles. The first kappa shape index (κ1) is 21.5. The second-order valence-corrected chi connectivity index (χ2v) is 7.56. The molecule has 1 fully saturated rings. The number of aromatic nitrogens is 2. The highest BCUT2D eigenvalue weighted by Gasteiger charge is 2.49. The van der Waals surface area contributed by atoms with Crippen LogP contribution >= 0.6 is 0 Å². The molecule has 1 N–H and O–H groups in total. The molecule has 160 valence electrons. The van der Waals surface area contributed by atoms with Crippen LogP contribution in [0.1, 0.15) is 57.9 Å². The highest BCUT2D eigenvalue weighted by Crippen LogP contribution is 2.25. The van der Waals surface area contributed by atoms with E-state index < -0.39 is 30.0 Å². The van der Waals surface area contributed by atoms with Gasteiger partial charge in [-0.25, -0.2) is 4.79 Å². The molecule has 1 aromatic carbocycles. The Hall–Kier alpha value is -3.23. The smallest absolute Gasteiger partial charge is 0.326 e. The van der Waals surface area contributed by atoms with Gasteiger partial charge in [0.1, 0.15) is 12.1 Å². The highest BCUT2D eigenvalue weighted by molar-refractivity contribution is 6.08. The van der Waals surface area contributed by atoms with E-state index in [1.54, 1.807) is 0 Å². The molecule has 9 nitrogen and oxygen atoms in total. The van der Waals surface area contributed by atoms with Crippen molar-refractivity contribution < 1.29 is 23.6 Å². The minimum atomic E-state index is -0.954. The molecule has 3 rings (SSSR count). The third-order valence-corrected chi connectivity index (χ3v) is 5.40. The number of carbonyl (C=O) groups excluding carboxylic acids is 3. The fourth-order valence-electron chi connectivity index (χ4n) is 3.31. The van der Waals surface area contributed by atoms with E-state index in [0.717, 1.165) is 10.5 Å². The summed E-state index contributed by atoms with van der Waals surface area (Å²) < 4.78 is 10.2. The van der Waals surface area contributed by atoms with Gasteiger partial charge >= 0.3 is 12.0 Å². The number of esters is 1. The molecule has 1 saturated heterocycles. The van der Waals surface area contributed by atoms with E-state index in [1.807, 2.05) is 38.1 Å². The van der Waals surface area contributed by atoms with Crippen LogP contribution in [0, 0.1) is 0 Å². The summed E-state index contributed by atoms with van der Waals surface area (Å²) >= 11 is 0. The summed E-state index contributed by atoms with van der Waals surface area (Å²) in [6, 6.07) is 7.22. The van der Waals surface area contributed by atoms with E-state index in [9.17, 15) is 14.4 Å². The largest absolute Gasteiger partial charge is 0.454 e. The molecule has 0 bridgehead atoms. The molecule has 0 spiro atoms. The Morgan fingerprint density at radius 1 is 1.20 bits per heavy atom. The number of rotatable bonds is 8. The monoisotopic (exact) mass is 414 g/mol. The minimum Gasteiger partial charge on any atom is -0.454 e. The van der Waals surface area contributed by atoms with Crippen LogP contribution in [0.3, 0.4) is 0 Å². The predicted molar refractivity (Wildman–Crippen MR) is 107 cm³/mol. The van der Waals surface area contributed by atoms with Crippen molar-refractivity contribution in [3.63, 3.8) is 0 Å². The summed E-state index contributed by atoms with van der Waals surface area (Å²) in [5, 5.41) is 6.57. The number of imide groups is 1. The highest BCUT2D eigenvalue weighted by atomic mass is 16.6. The van der Waals surface area contributed by atoms with E-state index in [4.69, 9.17) is 9.26 Å². The number of amides is 3. The van der Waals surface area contributed by atoms with Gasteiger partial charge in [0.2, 0.25) is 5.82 Å².